The number of hydrogen-bond acceptors (Lipinski definition) is 6. The summed E-state index contributed by atoms with van der Waals surface area (Å²) < 4.78 is 16.2. The highest BCUT2D eigenvalue weighted by Gasteiger charge is 2.26. The number of carbonyl (C=O) groups is 1. The highest BCUT2D eigenvalue weighted by Crippen LogP contribution is 2.40. The van der Waals surface area contributed by atoms with Gasteiger partial charge in [-0.1, -0.05) is 6.07 Å². The van der Waals surface area contributed by atoms with Crippen molar-refractivity contribution in [3.05, 3.63) is 65.2 Å². The molecule has 32 heavy (non-hydrogen) atoms. The molecule has 2 N–H and O–H groups in total. The second-order valence-corrected chi connectivity index (χ2v) is 8.88. The number of aromatic nitrogens is 3. The van der Waals surface area contributed by atoms with Gasteiger partial charge in [0.1, 0.15) is 18.2 Å². The lowest BCUT2D eigenvalue weighted by Gasteiger charge is -2.30. The van der Waals surface area contributed by atoms with Gasteiger partial charge < -0.3 is 10.6 Å². The number of halogens is 1. The summed E-state index contributed by atoms with van der Waals surface area (Å²) in [7, 11) is 0. The van der Waals surface area contributed by atoms with Gasteiger partial charge in [-0.2, -0.15) is 5.26 Å². The van der Waals surface area contributed by atoms with Crippen LogP contribution in [0.2, 0.25) is 0 Å². The van der Waals surface area contributed by atoms with Crippen LogP contribution in [0, 0.1) is 17.1 Å². The Morgan fingerprint density at radius 1 is 1.25 bits per heavy atom. The van der Waals surface area contributed by atoms with Gasteiger partial charge in [-0.15, -0.1) is 21.5 Å². The number of piperidine rings is 1. The first-order chi connectivity index (χ1) is 15.5. The summed E-state index contributed by atoms with van der Waals surface area (Å²) in [6, 6.07) is 11.9. The maximum Gasteiger partial charge on any atom is 0.264 e. The lowest BCUT2D eigenvalue weighted by atomic mass is 10.0. The first-order valence-electron chi connectivity index (χ1n) is 10.2. The third-order valence-corrected chi connectivity index (χ3v) is 6.81. The number of likely N-dealkylation sites (tertiary alicyclic amines) is 1. The molecule has 7 nitrogen and oxygen atoms in total. The van der Waals surface area contributed by atoms with Gasteiger partial charge in [0.2, 0.25) is 0 Å². The summed E-state index contributed by atoms with van der Waals surface area (Å²) in [5.41, 5.74) is 8.95. The van der Waals surface area contributed by atoms with Crippen molar-refractivity contribution in [3.8, 4) is 27.6 Å². The summed E-state index contributed by atoms with van der Waals surface area (Å²) in [6.45, 7) is 1.20. The Labute approximate surface area is 187 Å². The monoisotopic (exact) mass is 446 g/mol. The van der Waals surface area contributed by atoms with Crippen LogP contribution in [0.3, 0.4) is 0 Å². The molecule has 1 saturated heterocycles. The molecule has 4 heterocycles. The molecule has 1 aliphatic rings. The van der Waals surface area contributed by atoms with Crippen LogP contribution in [0.25, 0.3) is 27.2 Å². The lowest BCUT2D eigenvalue weighted by Crippen LogP contribution is -2.45. The van der Waals surface area contributed by atoms with Gasteiger partial charge in [0.25, 0.3) is 5.91 Å². The molecule has 0 spiro atoms. The molecule has 3 aromatic heterocycles. The normalized spacial score (nSPS) is 16.3. The number of thiophene rings is 1. The van der Waals surface area contributed by atoms with Crippen molar-refractivity contribution in [1.82, 2.24) is 19.5 Å². The zero-order chi connectivity index (χ0) is 22.2. The average Bonchev–Trinajstić information content (AvgIpc) is 3.45. The Morgan fingerprint density at radius 2 is 2.09 bits per heavy atom. The second kappa shape index (κ2) is 8.15. The molecule has 0 saturated carbocycles. The van der Waals surface area contributed by atoms with Gasteiger partial charge in [0.15, 0.2) is 5.65 Å². The van der Waals surface area contributed by atoms with Crippen molar-refractivity contribution in [2.75, 3.05) is 13.1 Å². The molecule has 1 aliphatic heterocycles. The topological polar surface area (TPSA) is 100 Å². The molecule has 0 bridgehead atoms. The van der Waals surface area contributed by atoms with E-state index < -0.39 is 5.82 Å². The van der Waals surface area contributed by atoms with E-state index in [0.29, 0.717) is 29.2 Å². The summed E-state index contributed by atoms with van der Waals surface area (Å²) in [4.78, 5) is 16.4. The van der Waals surface area contributed by atoms with Gasteiger partial charge >= 0.3 is 0 Å². The number of nitriles is 1. The number of nitrogens with zero attached hydrogens (tertiary/aromatic N) is 5. The Bertz CT molecular complexity index is 1370. The molecular formula is C23H19FN6OS. The van der Waals surface area contributed by atoms with Gasteiger partial charge in [-0.05, 0) is 48.7 Å². The molecular weight excluding hydrogens is 427 g/mol. The van der Waals surface area contributed by atoms with Gasteiger partial charge in [0, 0.05) is 41.3 Å². The second-order valence-electron chi connectivity index (χ2n) is 7.83. The van der Waals surface area contributed by atoms with Crippen LogP contribution in [0.4, 0.5) is 4.39 Å². The third-order valence-electron chi connectivity index (χ3n) is 5.64. The molecule has 4 aromatic rings. The number of carbonyl (C=O) groups excluding carboxylic acids is 1. The summed E-state index contributed by atoms with van der Waals surface area (Å²) >= 11 is 1.36. The number of benzene rings is 1. The zero-order valence-corrected chi connectivity index (χ0v) is 17.8. The minimum Gasteiger partial charge on any atom is -0.336 e. The summed E-state index contributed by atoms with van der Waals surface area (Å²) in [6.07, 6.45) is 5.28. The maximum absolute atomic E-state index is 14.4. The lowest BCUT2D eigenvalue weighted by molar-refractivity contribution is 0.0714. The fourth-order valence-electron chi connectivity index (χ4n) is 4.01. The van der Waals surface area contributed by atoms with E-state index in [9.17, 15) is 9.18 Å². The van der Waals surface area contributed by atoms with E-state index in [4.69, 9.17) is 11.0 Å². The fraction of sp³-hybridized carbons (Fsp3) is 0.217. The predicted molar refractivity (Wildman–Crippen MR) is 120 cm³/mol. The molecule has 1 atom stereocenters. The van der Waals surface area contributed by atoms with Crippen molar-refractivity contribution < 1.29 is 9.18 Å². The van der Waals surface area contributed by atoms with Gasteiger partial charge in [-0.3, -0.25) is 9.20 Å². The molecule has 5 rings (SSSR count). The standard InChI is InChI=1S/C23H19FN6OS/c24-19-8-14(3-4-15(19)10-25)18-9-20(23(31)29-7-1-2-17(26)12-29)32-22(18)16-5-6-21-28-27-13-30(21)11-16/h3-6,8-9,11,13,17H,1-2,7,12,26H2. The number of hydrogen-bond donors (Lipinski definition) is 1. The smallest absolute Gasteiger partial charge is 0.264 e. The SMILES string of the molecule is N#Cc1ccc(-c2cc(C(=O)N3CCCC(N)C3)sc2-c2ccc3nncn3c2)cc1F. The molecule has 1 unspecified atom stereocenters. The van der Waals surface area contributed by atoms with Crippen molar-refractivity contribution in [1.29, 1.82) is 5.26 Å². The number of nitrogens with two attached hydrogens (primary N) is 1. The quantitative estimate of drug-likeness (QED) is 0.517. The van der Waals surface area contributed by atoms with E-state index in [1.165, 1.54) is 23.5 Å². The molecule has 1 amide bonds. The average molecular weight is 447 g/mol. The van der Waals surface area contributed by atoms with Crippen LogP contribution in [-0.4, -0.2) is 44.5 Å². The minimum absolute atomic E-state index is 0.0182. The number of amides is 1. The zero-order valence-electron chi connectivity index (χ0n) is 17.0. The number of pyridine rings is 1. The van der Waals surface area contributed by atoms with Crippen molar-refractivity contribution in [2.24, 2.45) is 5.73 Å². The van der Waals surface area contributed by atoms with Crippen LogP contribution in [0.1, 0.15) is 28.1 Å². The molecule has 1 fully saturated rings. The van der Waals surface area contributed by atoms with Crippen molar-refractivity contribution in [3.63, 3.8) is 0 Å². The highest BCUT2D eigenvalue weighted by atomic mass is 32.1. The molecule has 0 aliphatic carbocycles. The van der Waals surface area contributed by atoms with Crippen molar-refractivity contribution in [2.45, 2.75) is 18.9 Å². The molecule has 0 radical (unpaired) electrons. The molecule has 1 aromatic carbocycles. The minimum atomic E-state index is -0.591. The van der Waals surface area contributed by atoms with Crippen molar-refractivity contribution >= 4 is 22.9 Å². The molecule has 9 heteroatoms. The van der Waals surface area contributed by atoms with Crippen LogP contribution < -0.4 is 5.73 Å². The number of rotatable bonds is 3. The highest BCUT2D eigenvalue weighted by molar-refractivity contribution is 7.18. The Hall–Kier alpha value is -3.61. The Kier molecular flexibility index (Phi) is 5.17. The summed E-state index contributed by atoms with van der Waals surface area (Å²) in [5.74, 6) is -0.663. The predicted octanol–water partition coefficient (Wildman–Crippen LogP) is 3.70. The Balaban J connectivity index is 1.62. The molecule has 160 valence electrons. The van der Waals surface area contributed by atoms with Gasteiger partial charge in [-0.25, -0.2) is 4.39 Å². The van der Waals surface area contributed by atoms with E-state index >= 15 is 0 Å². The van der Waals surface area contributed by atoms with Gasteiger partial charge in [0.05, 0.1) is 10.4 Å². The van der Waals surface area contributed by atoms with Crippen LogP contribution >= 0.6 is 11.3 Å². The third kappa shape index (κ3) is 3.64. The van der Waals surface area contributed by atoms with E-state index in [1.54, 1.807) is 27.8 Å². The van der Waals surface area contributed by atoms with E-state index in [0.717, 1.165) is 28.8 Å². The van der Waals surface area contributed by atoms with Crippen LogP contribution in [0.15, 0.2) is 48.9 Å². The van der Waals surface area contributed by atoms with E-state index in [1.807, 2.05) is 24.4 Å². The maximum atomic E-state index is 14.4. The first kappa shape index (κ1) is 20.3. The first-order valence-corrected chi connectivity index (χ1v) is 11.0. The number of fused-ring (bicyclic) bond motifs is 1. The van der Waals surface area contributed by atoms with Crippen LogP contribution in [-0.2, 0) is 0 Å². The largest absolute Gasteiger partial charge is 0.336 e. The summed E-state index contributed by atoms with van der Waals surface area (Å²) in [5, 5.41) is 17.0. The fourth-order valence-corrected chi connectivity index (χ4v) is 5.15. The Morgan fingerprint density at radius 3 is 2.88 bits per heavy atom. The van der Waals surface area contributed by atoms with E-state index in [2.05, 4.69) is 10.2 Å². The van der Waals surface area contributed by atoms with Crippen LogP contribution in [0.5, 0.6) is 0 Å². The van der Waals surface area contributed by atoms with E-state index in [-0.39, 0.29) is 17.5 Å².